The van der Waals surface area contributed by atoms with Gasteiger partial charge in [-0.05, 0) is 73.7 Å². The zero-order valence-electron chi connectivity index (χ0n) is 21.9. The van der Waals surface area contributed by atoms with Crippen LogP contribution in [0.25, 0.3) is 0 Å². The van der Waals surface area contributed by atoms with E-state index >= 15 is 0 Å². The highest BCUT2D eigenvalue weighted by Gasteiger charge is 2.28. The highest BCUT2D eigenvalue weighted by atomic mass is 19.1. The molecule has 6 nitrogen and oxygen atoms in total. The Morgan fingerprint density at radius 3 is 2.32 bits per heavy atom. The molecular weight excluding hydrogens is 483 g/mol. The van der Waals surface area contributed by atoms with Crippen LogP contribution in [0.1, 0.15) is 46.8 Å². The van der Waals surface area contributed by atoms with Gasteiger partial charge >= 0.3 is 5.97 Å². The SMILES string of the molecule is CCOC(=O)C1CCN(C(=O)Cc2ccc(N(Cc3cccc(F)c3)C(=O)c3ccccc3C)cc2)CC1. The lowest BCUT2D eigenvalue weighted by atomic mass is 9.96. The van der Waals surface area contributed by atoms with Crippen molar-refractivity contribution >= 4 is 23.5 Å². The van der Waals surface area contributed by atoms with E-state index in [2.05, 4.69) is 0 Å². The molecule has 2 amide bonds. The quantitative estimate of drug-likeness (QED) is 0.380. The van der Waals surface area contributed by atoms with Crippen molar-refractivity contribution < 1.29 is 23.5 Å². The fourth-order valence-corrected chi connectivity index (χ4v) is 4.76. The third-order valence-electron chi connectivity index (χ3n) is 6.92. The van der Waals surface area contributed by atoms with Crippen molar-refractivity contribution in [3.05, 3.63) is 101 Å². The predicted octanol–water partition coefficient (Wildman–Crippen LogP) is 5.33. The van der Waals surface area contributed by atoms with Crippen LogP contribution in [-0.2, 0) is 27.3 Å². The molecule has 1 aliphatic rings. The first-order valence-electron chi connectivity index (χ1n) is 13.0. The summed E-state index contributed by atoms with van der Waals surface area (Å²) in [5, 5.41) is 0. The predicted molar refractivity (Wildman–Crippen MR) is 144 cm³/mol. The normalized spacial score (nSPS) is 13.7. The first kappa shape index (κ1) is 27.0. The molecule has 3 aromatic rings. The largest absolute Gasteiger partial charge is 0.466 e. The van der Waals surface area contributed by atoms with E-state index in [1.807, 2.05) is 49.4 Å². The summed E-state index contributed by atoms with van der Waals surface area (Å²) in [4.78, 5) is 41.9. The van der Waals surface area contributed by atoms with Gasteiger partial charge in [-0.15, -0.1) is 0 Å². The molecule has 198 valence electrons. The van der Waals surface area contributed by atoms with Crippen molar-refractivity contribution in [1.29, 1.82) is 0 Å². The van der Waals surface area contributed by atoms with Gasteiger partial charge in [0, 0.05) is 24.3 Å². The standard InChI is InChI=1S/C31H33FN2O4/c1-3-38-31(37)25-15-17-33(18-16-25)29(35)20-23-11-13-27(14-12-23)34(21-24-8-6-9-26(32)19-24)30(36)28-10-5-4-7-22(28)2/h4-14,19,25H,3,15-18,20-21H2,1-2H3. The van der Waals surface area contributed by atoms with Crippen molar-refractivity contribution in [2.75, 3.05) is 24.6 Å². The van der Waals surface area contributed by atoms with E-state index in [9.17, 15) is 18.8 Å². The van der Waals surface area contributed by atoms with Crippen LogP contribution >= 0.6 is 0 Å². The third-order valence-corrected chi connectivity index (χ3v) is 6.92. The summed E-state index contributed by atoms with van der Waals surface area (Å²) in [6, 6.07) is 21.0. The van der Waals surface area contributed by atoms with Crippen molar-refractivity contribution in [2.24, 2.45) is 5.92 Å². The summed E-state index contributed by atoms with van der Waals surface area (Å²) < 4.78 is 19.0. The van der Waals surface area contributed by atoms with Crippen LogP contribution < -0.4 is 4.90 Å². The van der Waals surface area contributed by atoms with E-state index in [-0.39, 0.29) is 42.5 Å². The van der Waals surface area contributed by atoms with E-state index in [1.165, 1.54) is 12.1 Å². The maximum Gasteiger partial charge on any atom is 0.309 e. The maximum atomic E-state index is 13.9. The van der Waals surface area contributed by atoms with Crippen LogP contribution in [-0.4, -0.2) is 42.4 Å². The summed E-state index contributed by atoms with van der Waals surface area (Å²) in [6.45, 7) is 5.32. The molecule has 38 heavy (non-hydrogen) atoms. The van der Waals surface area contributed by atoms with Crippen LogP contribution in [0, 0.1) is 18.7 Å². The highest BCUT2D eigenvalue weighted by Crippen LogP contribution is 2.24. The molecule has 0 N–H and O–H groups in total. The van der Waals surface area contributed by atoms with Crippen LogP contribution in [0.3, 0.4) is 0 Å². The van der Waals surface area contributed by atoms with Crippen LogP contribution in [0.5, 0.6) is 0 Å². The first-order valence-corrected chi connectivity index (χ1v) is 13.0. The van der Waals surface area contributed by atoms with Gasteiger partial charge in [0.1, 0.15) is 5.82 Å². The first-order chi connectivity index (χ1) is 18.4. The van der Waals surface area contributed by atoms with E-state index in [1.54, 1.807) is 34.9 Å². The van der Waals surface area contributed by atoms with Crippen molar-refractivity contribution in [3.8, 4) is 0 Å². The minimum atomic E-state index is -0.356. The van der Waals surface area contributed by atoms with Gasteiger partial charge in [-0.1, -0.05) is 42.5 Å². The number of halogens is 1. The zero-order chi connectivity index (χ0) is 27.1. The van der Waals surface area contributed by atoms with Crippen molar-refractivity contribution in [3.63, 3.8) is 0 Å². The van der Waals surface area contributed by atoms with Crippen molar-refractivity contribution in [2.45, 2.75) is 39.7 Å². The van der Waals surface area contributed by atoms with E-state index in [4.69, 9.17) is 4.74 Å². The van der Waals surface area contributed by atoms with Gasteiger partial charge in [0.05, 0.1) is 25.5 Å². The molecule has 0 unspecified atom stereocenters. The smallest absolute Gasteiger partial charge is 0.309 e. The summed E-state index contributed by atoms with van der Waals surface area (Å²) in [6.07, 6.45) is 1.46. The third kappa shape index (κ3) is 6.65. The summed E-state index contributed by atoms with van der Waals surface area (Å²) in [5.41, 5.74) is 3.61. The molecule has 0 radical (unpaired) electrons. The number of hydrogen-bond donors (Lipinski definition) is 0. The van der Waals surface area contributed by atoms with Crippen LogP contribution in [0.4, 0.5) is 10.1 Å². The molecule has 0 aliphatic carbocycles. The number of benzene rings is 3. The number of carbonyl (C=O) groups excluding carboxylic acids is 3. The van der Waals surface area contributed by atoms with Gasteiger partial charge in [0.25, 0.3) is 5.91 Å². The molecule has 0 atom stereocenters. The Hall–Kier alpha value is -4.00. The van der Waals surface area contributed by atoms with Crippen LogP contribution in [0.15, 0.2) is 72.8 Å². The molecule has 1 saturated heterocycles. The number of esters is 1. The lowest BCUT2D eigenvalue weighted by Crippen LogP contribution is -2.41. The second-order valence-electron chi connectivity index (χ2n) is 9.59. The minimum absolute atomic E-state index is 0.00709. The molecule has 1 fully saturated rings. The number of likely N-dealkylation sites (tertiary alicyclic amines) is 1. The molecule has 1 heterocycles. The molecule has 4 rings (SSSR count). The average Bonchev–Trinajstić information content (AvgIpc) is 2.92. The Morgan fingerprint density at radius 2 is 1.66 bits per heavy atom. The monoisotopic (exact) mass is 516 g/mol. The number of nitrogens with zero attached hydrogens (tertiary/aromatic N) is 2. The number of anilines is 1. The van der Waals surface area contributed by atoms with E-state index in [0.29, 0.717) is 49.4 Å². The van der Waals surface area contributed by atoms with E-state index in [0.717, 1.165) is 11.1 Å². The molecule has 0 saturated carbocycles. The Bertz CT molecular complexity index is 1280. The van der Waals surface area contributed by atoms with Crippen LogP contribution in [0.2, 0.25) is 0 Å². The van der Waals surface area contributed by atoms with Gasteiger partial charge in [-0.25, -0.2) is 4.39 Å². The molecule has 3 aromatic carbocycles. The topological polar surface area (TPSA) is 66.9 Å². The fraction of sp³-hybridized carbons (Fsp3) is 0.323. The maximum absolute atomic E-state index is 13.9. The highest BCUT2D eigenvalue weighted by molar-refractivity contribution is 6.07. The van der Waals surface area contributed by atoms with Gasteiger partial charge in [-0.2, -0.15) is 0 Å². The lowest BCUT2D eigenvalue weighted by molar-refractivity contribution is -0.151. The molecular formula is C31H33FN2O4. The van der Waals surface area contributed by atoms with Gasteiger partial charge in [0.15, 0.2) is 0 Å². The zero-order valence-corrected chi connectivity index (χ0v) is 21.9. The summed E-state index contributed by atoms with van der Waals surface area (Å²) >= 11 is 0. The number of piperidine rings is 1. The molecule has 0 aromatic heterocycles. The minimum Gasteiger partial charge on any atom is -0.466 e. The van der Waals surface area contributed by atoms with Gasteiger partial charge < -0.3 is 14.5 Å². The summed E-state index contributed by atoms with van der Waals surface area (Å²) in [5.74, 6) is -0.856. The second kappa shape index (κ2) is 12.5. The van der Waals surface area contributed by atoms with Gasteiger partial charge in [0.2, 0.25) is 5.91 Å². The van der Waals surface area contributed by atoms with E-state index < -0.39 is 0 Å². The Balaban J connectivity index is 1.47. The summed E-state index contributed by atoms with van der Waals surface area (Å²) in [7, 11) is 0. The Labute approximate surface area is 223 Å². The Kier molecular flexibility index (Phi) is 8.89. The fourth-order valence-electron chi connectivity index (χ4n) is 4.76. The van der Waals surface area contributed by atoms with Crippen molar-refractivity contribution in [1.82, 2.24) is 4.90 Å². The van der Waals surface area contributed by atoms with Gasteiger partial charge in [-0.3, -0.25) is 14.4 Å². The number of hydrogen-bond acceptors (Lipinski definition) is 4. The number of rotatable bonds is 8. The lowest BCUT2D eigenvalue weighted by Gasteiger charge is -2.31. The second-order valence-corrected chi connectivity index (χ2v) is 9.59. The molecule has 0 bridgehead atoms. The molecule has 0 spiro atoms. The Morgan fingerprint density at radius 1 is 0.947 bits per heavy atom. The number of amides is 2. The molecule has 7 heteroatoms. The average molecular weight is 517 g/mol. The number of ether oxygens (including phenoxy) is 1. The number of carbonyl (C=O) groups is 3. The molecule has 1 aliphatic heterocycles. The number of aryl methyl sites for hydroxylation is 1.